The van der Waals surface area contributed by atoms with E-state index in [1.807, 2.05) is 24.3 Å². The zero-order valence-electron chi connectivity index (χ0n) is 11.4. The maximum absolute atomic E-state index is 11.0. The van der Waals surface area contributed by atoms with Gasteiger partial charge in [0.2, 0.25) is 5.91 Å². The number of anilines is 1. The Morgan fingerprint density at radius 2 is 1.71 bits per heavy atom. The third-order valence-electron chi connectivity index (χ3n) is 2.76. The van der Waals surface area contributed by atoms with Gasteiger partial charge < -0.3 is 5.32 Å². The molecular weight excluding hydrogens is 268 g/mol. The van der Waals surface area contributed by atoms with Crippen LogP contribution in [-0.2, 0) is 4.79 Å². The van der Waals surface area contributed by atoms with Gasteiger partial charge in [-0.25, -0.2) is 0 Å². The van der Waals surface area contributed by atoms with Crippen LogP contribution in [0.15, 0.2) is 48.5 Å². The van der Waals surface area contributed by atoms with Gasteiger partial charge in [0.15, 0.2) is 0 Å². The Labute approximate surface area is 122 Å². The van der Waals surface area contributed by atoms with Crippen molar-refractivity contribution >= 4 is 29.4 Å². The van der Waals surface area contributed by atoms with E-state index in [9.17, 15) is 14.9 Å². The van der Waals surface area contributed by atoms with Gasteiger partial charge in [0.05, 0.1) is 4.92 Å². The molecule has 2 aromatic rings. The number of nitrogens with zero attached hydrogens (tertiary/aromatic N) is 1. The average molecular weight is 282 g/mol. The molecule has 5 heteroatoms. The third kappa shape index (κ3) is 4.28. The van der Waals surface area contributed by atoms with Gasteiger partial charge in [-0.05, 0) is 23.3 Å². The quantitative estimate of drug-likeness (QED) is 0.527. The minimum atomic E-state index is -0.422. The second-order valence-corrected chi connectivity index (χ2v) is 4.49. The lowest BCUT2D eigenvalue weighted by Gasteiger charge is -2.02. The minimum Gasteiger partial charge on any atom is -0.326 e. The van der Waals surface area contributed by atoms with Crippen molar-refractivity contribution < 1.29 is 9.72 Å². The van der Waals surface area contributed by atoms with E-state index >= 15 is 0 Å². The summed E-state index contributed by atoms with van der Waals surface area (Å²) in [5.41, 5.74) is 2.41. The Morgan fingerprint density at radius 1 is 1.10 bits per heavy atom. The minimum absolute atomic E-state index is 0.0594. The average Bonchev–Trinajstić information content (AvgIpc) is 2.45. The summed E-state index contributed by atoms with van der Waals surface area (Å²) in [7, 11) is 0. The summed E-state index contributed by atoms with van der Waals surface area (Å²) in [4.78, 5) is 21.3. The topological polar surface area (TPSA) is 72.2 Å². The summed E-state index contributed by atoms with van der Waals surface area (Å²) in [6, 6.07) is 13.7. The zero-order chi connectivity index (χ0) is 15.2. The molecule has 0 spiro atoms. The monoisotopic (exact) mass is 282 g/mol. The molecule has 0 fully saturated rings. The summed E-state index contributed by atoms with van der Waals surface area (Å²) in [6.45, 7) is 1.45. The Morgan fingerprint density at radius 3 is 2.33 bits per heavy atom. The number of nitro groups is 1. The molecule has 0 saturated heterocycles. The van der Waals surface area contributed by atoms with Gasteiger partial charge in [0.1, 0.15) is 0 Å². The molecule has 21 heavy (non-hydrogen) atoms. The number of nitrogens with one attached hydrogen (secondary N) is 1. The fourth-order valence-corrected chi connectivity index (χ4v) is 1.86. The summed E-state index contributed by atoms with van der Waals surface area (Å²) in [5.74, 6) is -0.130. The van der Waals surface area contributed by atoms with Crippen LogP contribution in [0.1, 0.15) is 18.1 Å². The highest BCUT2D eigenvalue weighted by molar-refractivity contribution is 5.89. The molecule has 0 unspecified atom stereocenters. The van der Waals surface area contributed by atoms with Gasteiger partial charge in [-0.2, -0.15) is 0 Å². The van der Waals surface area contributed by atoms with E-state index in [2.05, 4.69) is 5.32 Å². The second kappa shape index (κ2) is 6.47. The molecule has 0 bridgehead atoms. The van der Waals surface area contributed by atoms with Crippen molar-refractivity contribution in [3.63, 3.8) is 0 Å². The van der Waals surface area contributed by atoms with Crippen LogP contribution >= 0.6 is 0 Å². The number of carbonyl (C=O) groups excluding carboxylic acids is 1. The highest BCUT2D eigenvalue weighted by Crippen LogP contribution is 2.17. The van der Waals surface area contributed by atoms with E-state index in [0.717, 1.165) is 11.1 Å². The molecule has 0 aliphatic heterocycles. The number of nitro benzene ring substituents is 1. The predicted octanol–water partition coefficient (Wildman–Crippen LogP) is 3.72. The Bertz CT molecular complexity index is 708. The number of benzene rings is 2. The summed E-state index contributed by atoms with van der Waals surface area (Å²) >= 11 is 0. The van der Waals surface area contributed by atoms with E-state index in [1.54, 1.807) is 24.3 Å². The van der Waals surface area contributed by atoms with Crippen molar-refractivity contribution in [2.45, 2.75) is 6.92 Å². The first kappa shape index (κ1) is 14.5. The van der Waals surface area contributed by atoms with Crippen LogP contribution in [0.5, 0.6) is 0 Å². The molecule has 2 rings (SSSR count). The lowest BCUT2D eigenvalue weighted by molar-refractivity contribution is -0.384. The van der Waals surface area contributed by atoms with Crippen molar-refractivity contribution in [2.75, 3.05) is 5.32 Å². The number of carbonyl (C=O) groups is 1. The highest BCUT2D eigenvalue weighted by Gasteiger charge is 2.03. The number of amides is 1. The molecule has 0 saturated carbocycles. The van der Waals surface area contributed by atoms with E-state index in [0.29, 0.717) is 5.69 Å². The maximum atomic E-state index is 11.0. The molecule has 106 valence electrons. The number of non-ortho nitro benzene ring substituents is 1. The van der Waals surface area contributed by atoms with Crippen molar-refractivity contribution in [1.82, 2.24) is 0 Å². The van der Waals surface area contributed by atoms with E-state index in [4.69, 9.17) is 0 Å². The molecule has 0 heterocycles. The number of hydrogen-bond acceptors (Lipinski definition) is 3. The Kier molecular flexibility index (Phi) is 4.46. The molecule has 0 atom stereocenters. The largest absolute Gasteiger partial charge is 0.326 e. The van der Waals surface area contributed by atoms with E-state index < -0.39 is 4.92 Å². The molecule has 1 amide bonds. The zero-order valence-corrected chi connectivity index (χ0v) is 11.4. The predicted molar refractivity (Wildman–Crippen MR) is 82.8 cm³/mol. The van der Waals surface area contributed by atoms with Crippen molar-refractivity contribution in [1.29, 1.82) is 0 Å². The molecule has 0 radical (unpaired) electrons. The normalized spacial score (nSPS) is 10.5. The molecule has 0 aliphatic carbocycles. The summed E-state index contributed by atoms with van der Waals surface area (Å²) in [6.07, 6.45) is 3.63. The van der Waals surface area contributed by atoms with Gasteiger partial charge in [-0.1, -0.05) is 36.4 Å². The van der Waals surface area contributed by atoms with Crippen molar-refractivity contribution in [3.8, 4) is 0 Å². The highest BCUT2D eigenvalue weighted by atomic mass is 16.6. The van der Waals surface area contributed by atoms with Crippen LogP contribution in [0, 0.1) is 10.1 Å². The first-order chi connectivity index (χ1) is 10.0. The van der Waals surface area contributed by atoms with Gasteiger partial charge in [0, 0.05) is 24.7 Å². The molecule has 1 N–H and O–H groups in total. The summed E-state index contributed by atoms with van der Waals surface area (Å²) < 4.78 is 0. The molecule has 5 nitrogen and oxygen atoms in total. The lowest BCUT2D eigenvalue weighted by atomic mass is 10.1. The van der Waals surface area contributed by atoms with Gasteiger partial charge in [0.25, 0.3) is 5.69 Å². The van der Waals surface area contributed by atoms with Crippen LogP contribution in [0.25, 0.3) is 12.2 Å². The van der Waals surface area contributed by atoms with Gasteiger partial charge >= 0.3 is 0 Å². The van der Waals surface area contributed by atoms with Crippen LogP contribution < -0.4 is 5.32 Å². The standard InChI is InChI=1S/C16H14N2O3/c1-12(19)17-15-6-2-4-13(10-15)8-9-14-5-3-7-16(11-14)18(20)21/h2-11H,1H3,(H,17,19)/b9-8+. The van der Waals surface area contributed by atoms with Gasteiger partial charge in [-0.15, -0.1) is 0 Å². The molecule has 2 aromatic carbocycles. The van der Waals surface area contributed by atoms with Crippen LogP contribution in [0.3, 0.4) is 0 Å². The first-order valence-corrected chi connectivity index (χ1v) is 6.35. The molecule has 0 aliphatic rings. The van der Waals surface area contributed by atoms with Crippen molar-refractivity contribution in [2.24, 2.45) is 0 Å². The fraction of sp³-hybridized carbons (Fsp3) is 0.0625. The maximum Gasteiger partial charge on any atom is 0.270 e. The number of hydrogen-bond donors (Lipinski definition) is 1. The number of rotatable bonds is 4. The molecular formula is C16H14N2O3. The van der Waals surface area contributed by atoms with Crippen LogP contribution in [-0.4, -0.2) is 10.8 Å². The van der Waals surface area contributed by atoms with Crippen molar-refractivity contribution in [3.05, 3.63) is 69.8 Å². The first-order valence-electron chi connectivity index (χ1n) is 6.35. The SMILES string of the molecule is CC(=O)Nc1cccc(/C=C/c2cccc([N+](=O)[O-])c2)c1. The third-order valence-corrected chi connectivity index (χ3v) is 2.76. The van der Waals surface area contributed by atoms with Gasteiger partial charge in [-0.3, -0.25) is 14.9 Å². The fourth-order valence-electron chi connectivity index (χ4n) is 1.86. The Balaban J connectivity index is 2.19. The smallest absolute Gasteiger partial charge is 0.270 e. The van der Waals surface area contributed by atoms with E-state index in [-0.39, 0.29) is 11.6 Å². The van der Waals surface area contributed by atoms with E-state index in [1.165, 1.54) is 19.1 Å². The second-order valence-electron chi connectivity index (χ2n) is 4.49. The Hall–Kier alpha value is -2.95. The lowest BCUT2D eigenvalue weighted by Crippen LogP contribution is -2.05. The summed E-state index contributed by atoms with van der Waals surface area (Å²) in [5, 5.41) is 13.4. The van der Waals surface area contributed by atoms with Crippen LogP contribution in [0.4, 0.5) is 11.4 Å². The van der Waals surface area contributed by atoms with Crippen LogP contribution in [0.2, 0.25) is 0 Å². The molecule has 0 aromatic heterocycles.